The standard InChI is InChI=1S/C79H146O17P2/c1-5-9-13-17-21-25-29-33-36-40-43-47-51-55-59-63-76(81)89-69-74(95-78(83)65-61-57-53-49-45-39-32-28-24-20-16-12-8-4)71-93-97(85,86)91-67-73(80)68-92-98(87,88)94-72-75(96-79(84)66-62-58-54-50-46-42-38-35-31-27-23-19-15-11-7-3)70-90-77(82)64-60-56-52-48-44-41-37-34-30-26-22-18-14-10-6-2/h23,27,33-38,73-75,80H,5-22,24-26,28-32,39-72H2,1-4H3,(H,85,86)(H,87,88)/b27-23-,36-33-,37-34-,38-35-/t73-,74-,75-/m1/s1. The molecule has 0 bridgehead atoms. The highest BCUT2D eigenvalue weighted by Gasteiger charge is 2.30. The summed E-state index contributed by atoms with van der Waals surface area (Å²) in [7, 11) is -9.94. The fourth-order valence-electron chi connectivity index (χ4n) is 11.1. The Balaban J connectivity index is 5.33. The lowest BCUT2D eigenvalue weighted by atomic mass is 10.0. The molecule has 0 aromatic rings. The minimum Gasteiger partial charge on any atom is -0.462 e. The number of aliphatic hydroxyl groups excluding tert-OH is 1. The summed E-state index contributed by atoms with van der Waals surface area (Å²) < 4.78 is 68.6. The third kappa shape index (κ3) is 71.4. The number of aliphatic hydroxyl groups is 1. The number of allylic oxidation sites excluding steroid dienone is 8. The highest BCUT2D eigenvalue weighted by molar-refractivity contribution is 7.47. The molecule has 0 rings (SSSR count). The highest BCUT2D eigenvalue weighted by atomic mass is 31.2. The van der Waals surface area contributed by atoms with Gasteiger partial charge in [0.1, 0.15) is 19.3 Å². The van der Waals surface area contributed by atoms with Crippen molar-refractivity contribution in [3.8, 4) is 0 Å². The second kappa shape index (κ2) is 72.4. The lowest BCUT2D eigenvalue weighted by Gasteiger charge is -2.21. The van der Waals surface area contributed by atoms with Gasteiger partial charge in [0.25, 0.3) is 0 Å². The molecule has 0 aromatic heterocycles. The van der Waals surface area contributed by atoms with E-state index in [-0.39, 0.29) is 25.7 Å². The van der Waals surface area contributed by atoms with E-state index >= 15 is 0 Å². The largest absolute Gasteiger partial charge is 0.472 e. The van der Waals surface area contributed by atoms with Crippen LogP contribution in [0, 0.1) is 0 Å². The van der Waals surface area contributed by atoms with E-state index < -0.39 is 97.5 Å². The zero-order valence-corrected chi connectivity index (χ0v) is 64.5. The number of hydrogen-bond acceptors (Lipinski definition) is 15. The third-order valence-electron chi connectivity index (χ3n) is 17.3. The van der Waals surface area contributed by atoms with E-state index in [1.54, 1.807) is 0 Å². The molecule has 17 nitrogen and oxygen atoms in total. The van der Waals surface area contributed by atoms with Crippen LogP contribution in [0.2, 0.25) is 0 Å². The molecular formula is C79H146O17P2. The van der Waals surface area contributed by atoms with Gasteiger partial charge in [0.2, 0.25) is 0 Å². The second-order valence-corrected chi connectivity index (χ2v) is 29.9. The van der Waals surface area contributed by atoms with Gasteiger partial charge in [0.15, 0.2) is 12.2 Å². The number of unbranched alkanes of at least 4 members (excludes halogenated alkanes) is 42. The molecule has 0 amide bonds. The maximum absolute atomic E-state index is 13.1. The van der Waals surface area contributed by atoms with Crippen LogP contribution in [0.4, 0.5) is 0 Å². The normalized spacial score (nSPS) is 14.2. The molecule has 574 valence electrons. The Labute approximate surface area is 597 Å². The molecule has 0 saturated heterocycles. The van der Waals surface area contributed by atoms with Gasteiger partial charge in [-0.3, -0.25) is 37.3 Å². The Kier molecular flexibility index (Phi) is 70.2. The summed E-state index contributed by atoms with van der Waals surface area (Å²) in [5, 5.41) is 10.6. The smallest absolute Gasteiger partial charge is 0.462 e. The van der Waals surface area contributed by atoms with Crippen LogP contribution in [0.15, 0.2) is 48.6 Å². The van der Waals surface area contributed by atoms with Crippen molar-refractivity contribution in [3.63, 3.8) is 0 Å². The first-order valence-electron chi connectivity index (χ1n) is 39.9. The number of hydrogen-bond donors (Lipinski definition) is 3. The van der Waals surface area contributed by atoms with Crippen LogP contribution in [0.3, 0.4) is 0 Å². The van der Waals surface area contributed by atoms with E-state index in [1.165, 1.54) is 148 Å². The molecule has 0 aliphatic carbocycles. The second-order valence-electron chi connectivity index (χ2n) is 27.0. The summed E-state index contributed by atoms with van der Waals surface area (Å²) in [5.74, 6) is -2.17. The first-order valence-corrected chi connectivity index (χ1v) is 42.9. The number of carbonyl (C=O) groups excluding carboxylic acids is 4. The molecule has 0 spiro atoms. The van der Waals surface area contributed by atoms with Crippen LogP contribution in [-0.2, 0) is 65.4 Å². The Hall–Kier alpha value is -2.98. The maximum Gasteiger partial charge on any atom is 0.472 e. The maximum atomic E-state index is 13.1. The van der Waals surface area contributed by atoms with Gasteiger partial charge in [-0.15, -0.1) is 0 Å². The Morgan fingerprint density at radius 3 is 0.786 bits per heavy atom. The molecule has 0 aliphatic rings. The summed E-state index contributed by atoms with van der Waals surface area (Å²) in [4.78, 5) is 72.9. The molecule has 0 fully saturated rings. The summed E-state index contributed by atoms with van der Waals surface area (Å²) in [6.45, 7) is 4.88. The van der Waals surface area contributed by atoms with Crippen molar-refractivity contribution in [2.45, 2.75) is 393 Å². The quantitative estimate of drug-likeness (QED) is 0.0169. The van der Waals surface area contributed by atoms with Gasteiger partial charge in [-0.1, -0.05) is 288 Å². The fourth-order valence-corrected chi connectivity index (χ4v) is 12.7. The predicted octanol–water partition coefficient (Wildman–Crippen LogP) is 22.9. The van der Waals surface area contributed by atoms with Gasteiger partial charge >= 0.3 is 39.5 Å². The molecule has 0 aliphatic heterocycles. The SMILES string of the molecule is CCCCC/C=C\C/C=C\CCCCCCCC(=O)O[C@H](COC(=O)CCCCCCC/C=C\CCCCCCCC)COP(=O)(O)OC[C@H](O)COP(=O)(O)OC[C@@H](COC(=O)CCCCCCC/C=C\CCCCCCCC)OC(=O)CCCCCCCCCCCCCCC. The molecule has 3 N–H and O–H groups in total. The van der Waals surface area contributed by atoms with Crippen molar-refractivity contribution >= 4 is 39.5 Å². The van der Waals surface area contributed by atoms with Crippen LogP contribution in [0.1, 0.15) is 374 Å². The van der Waals surface area contributed by atoms with Crippen molar-refractivity contribution in [1.29, 1.82) is 0 Å². The summed E-state index contributed by atoms with van der Waals surface area (Å²) in [6, 6.07) is 0. The average molecular weight is 1430 g/mol. The van der Waals surface area contributed by atoms with Gasteiger partial charge in [-0.25, -0.2) is 9.13 Å². The number of ether oxygens (including phenoxy) is 4. The fraction of sp³-hybridized carbons (Fsp3) is 0.848. The average Bonchev–Trinajstić information content (AvgIpc) is 0.984. The zero-order valence-electron chi connectivity index (χ0n) is 62.7. The van der Waals surface area contributed by atoms with Crippen molar-refractivity contribution in [2.24, 2.45) is 0 Å². The van der Waals surface area contributed by atoms with Gasteiger partial charge in [0, 0.05) is 25.7 Å². The van der Waals surface area contributed by atoms with Crippen molar-refractivity contribution in [3.05, 3.63) is 48.6 Å². The van der Waals surface area contributed by atoms with Crippen LogP contribution in [0.25, 0.3) is 0 Å². The van der Waals surface area contributed by atoms with Crippen molar-refractivity contribution in [1.82, 2.24) is 0 Å². The third-order valence-corrected chi connectivity index (χ3v) is 19.2. The lowest BCUT2D eigenvalue weighted by molar-refractivity contribution is -0.161. The number of carbonyl (C=O) groups is 4. The van der Waals surface area contributed by atoms with E-state index in [4.69, 9.17) is 37.0 Å². The van der Waals surface area contributed by atoms with Crippen LogP contribution in [0.5, 0.6) is 0 Å². The van der Waals surface area contributed by atoms with Crippen molar-refractivity contribution in [2.75, 3.05) is 39.6 Å². The summed E-state index contributed by atoms with van der Waals surface area (Å²) >= 11 is 0. The van der Waals surface area contributed by atoms with Crippen LogP contribution >= 0.6 is 15.6 Å². The van der Waals surface area contributed by atoms with Crippen molar-refractivity contribution < 1.29 is 80.2 Å². The Morgan fingerprint density at radius 2 is 0.500 bits per heavy atom. The van der Waals surface area contributed by atoms with Gasteiger partial charge < -0.3 is 33.8 Å². The molecule has 0 radical (unpaired) electrons. The predicted molar refractivity (Wildman–Crippen MR) is 400 cm³/mol. The zero-order chi connectivity index (χ0) is 71.8. The van der Waals surface area contributed by atoms with Gasteiger partial charge in [-0.05, 0) is 109 Å². The molecular weight excluding hydrogens is 1280 g/mol. The number of phosphoric ester groups is 2. The number of rotatable bonds is 76. The van der Waals surface area contributed by atoms with Gasteiger partial charge in [-0.2, -0.15) is 0 Å². The first kappa shape index (κ1) is 95.0. The molecule has 0 heterocycles. The van der Waals surface area contributed by atoms with Crippen LogP contribution in [-0.4, -0.2) is 96.7 Å². The topological polar surface area (TPSA) is 237 Å². The lowest BCUT2D eigenvalue weighted by Crippen LogP contribution is -2.30. The van der Waals surface area contributed by atoms with Gasteiger partial charge in [0.05, 0.1) is 26.4 Å². The summed E-state index contributed by atoms with van der Waals surface area (Å²) in [5.41, 5.74) is 0. The highest BCUT2D eigenvalue weighted by Crippen LogP contribution is 2.45. The minimum absolute atomic E-state index is 0.0822. The van der Waals surface area contributed by atoms with Crippen LogP contribution < -0.4 is 0 Å². The van der Waals surface area contributed by atoms with E-state index in [0.29, 0.717) is 25.7 Å². The van der Waals surface area contributed by atoms with E-state index in [2.05, 4.69) is 76.3 Å². The number of esters is 4. The minimum atomic E-state index is -4.97. The molecule has 5 atom stereocenters. The first-order chi connectivity index (χ1) is 47.7. The molecule has 0 saturated carbocycles. The molecule has 19 heteroatoms. The monoisotopic (exact) mass is 1430 g/mol. The number of phosphoric acid groups is 2. The Morgan fingerprint density at radius 1 is 0.286 bits per heavy atom. The Bertz CT molecular complexity index is 2050. The molecule has 98 heavy (non-hydrogen) atoms. The van der Waals surface area contributed by atoms with E-state index in [9.17, 15) is 43.2 Å². The molecule has 2 unspecified atom stereocenters. The van der Waals surface area contributed by atoms with E-state index in [1.807, 2.05) is 0 Å². The molecule has 0 aromatic carbocycles. The van der Waals surface area contributed by atoms with E-state index in [0.717, 1.165) is 148 Å². The summed E-state index contributed by atoms with van der Waals surface area (Å²) in [6.07, 6.45) is 69.4.